The second kappa shape index (κ2) is 3.17. The minimum atomic E-state index is -0.159. The lowest BCUT2D eigenvalue weighted by molar-refractivity contribution is 0.116. The van der Waals surface area contributed by atoms with Gasteiger partial charge in [0.15, 0.2) is 0 Å². The van der Waals surface area contributed by atoms with Crippen LogP contribution in [0.3, 0.4) is 0 Å². The van der Waals surface area contributed by atoms with Crippen molar-refractivity contribution in [2.45, 2.75) is 26.1 Å². The van der Waals surface area contributed by atoms with E-state index in [-0.39, 0.29) is 12.2 Å². The van der Waals surface area contributed by atoms with Crippen molar-refractivity contribution in [1.82, 2.24) is 0 Å². The first-order chi connectivity index (χ1) is 6.61. The first-order valence-electron chi connectivity index (χ1n) is 4.77. The van der Waals surface area contributed by atoms with Gasteiger partial charge in [0.05, 0.1) is 18.8 Å². The number of fused-ring (bicyclic) bond motifs is 1. The molecule has 1 heterocycles. The van der Waals surface area contributed by atoms with E-state index >= 15 is 0 Å². The zero-order valence-corrected chi connectivity index (χ0v) is 8.50. The van der Waals surface area contributed by atoms with Crippen LogP contribution < -0.4 is 10.1 Å². The summed E-state index contributed by atoms with van der Waals surface area (Å²) in [5.74, 6) is 0.860. The Labute approximate surface area is 83.7 Å². The van der Waals surface area contributed by atoms with Crippen molar-refractivity contribution >= 4 is 5.69 Å². The minimum absolute atomic E-state index is 0.0678. The van der Waals surface area contributed by atoms with Gasteiger partial charge in [-0.05, 0) is 31.5 Å². The fourth-order valence-corrected chi connectivity index (χ4v) is 1.54. The molecule has 0 bridgehead atoms. The van der Waals surface area contributed by atoms with E-state index in [4.69, 9.17) is 9.84 Å². The lowest BCUT2D eigenvalue weighted by Crippen LogP contribution is -2.40. The molecular weight excluding hydrogens is 178 g/mol. The van der Waals surface area contributed by atoms with Gasteiger partial charge in [0, 0.05) is 0 Å². The molecule has 0 radical (unpaired) electrons. The third-order valence-corrected chi connectivity index (χ3v) is 2.32. The second-order valence-electron chi connectivity index (χ2n) is 4.20. The summed E-state index contributed by atoms with van der Waals surface area (Å²) < 4.78 is 5.77. The van der Waals surface area contributed by atoms with Gasteiger partial charge in [0.1, 0.15) is 11.4 Å². The summed E-state index contributed by atoms with van der Waals surface area (Å²) in [5.41, 5.74) is 1.71. The van der Waals surface area contributed by atoms with Crippen LogP contribution in [0.2, 0.25) is 0 Å². The molecule has 76 valence electrons. The average Bonchev–Trinajstić information content (AvgIpc) is 2.16. The minimum Gasteiger partial charge on any atom is -0.484 e. The zero-order chi connectivity index (χ0) is 10.2. The predicted molar refractivity (Wildman–Crippen MR) is 55.6 cm³/mol. The average molecular weight is 193 g/mol. The standard InChI is InChI=1S/C11H15NO2/c1-11(2)7-12-9-5-8(6-13)3-4-10(9)14-11/h3-5,12-13H,6-7H2,1-2H3. The lowest BCUT2D eigenvalue weighted by atomic mass is 10.1. The van der Waals surface area contributed by atoms with Crippen LogP contribution in [-0.2, 0) is 6.61 Å². The number of hydrogen-bond donors (Lipinski definition) is 2. The maximum absolute atomic E-state index is 8.97. The molecule has 1 aliphatic rings. The molecule has 0 aliphatic carbocycles. The molecule has 1 aromatic carbocycles. The van der Waals surface area contributed by atoms with Crippen molar-refractivity contribution in [3.63, 3.8) is 0 Å². The van der Waals surface area contributed by atoms with Crippen molar-refractivity contribution in [1.29, 1.82) is 0 Å². The molecule has 2 N–H and O–H groups in total. The Bertz CT molecular complexity index is 347. The monoisotopic (exact) mass is 193 g/mol. The summed E-state index contributed by atoms with van der Waals surface area (Å²) in [7, 11) is 0. The number of ether oxygens (including phenoxy) is 1. The van der Waals surface area contributed by atoms with Gasteiger partial charge in [0.25, 0.3) is 0 Å². The molecule has 0 aromatic heterocycles. The Kier molecular flexibility index (Phi) is 2.11. The summed E-state index contributed by atoms with van der Waals surface area (Å²) in [6.07, 6.45) is 0. The van der Waals surface area contributed by atoms with E-state index < -0.39 is 0 Å². The van der Waals surface area contributed by atoms with Gasteiger partial charge in [-0.1, -0.05) is 6.07 Å². The quantitative estimate of drug-likeness (QED) is 0.714. The molecular formula is C11H15NO2. The van der Waals surface area contributed by atoms with Crippen molar-refractivity contribution < 1.29 is 9.84 Å². The molecule has 0 saturated heterocycles. The lowest BCUT2D eigenvalue weighted by Gasteiger charge is -2.33. The summed E-state index contributed by atoms with van der Waals surface area (Å²) in [6.45, 7) is 4.94. The topological polar surface area (TPSA) is 41.5 Å². The van der Waals surface area contributed by atoms with Crippen LogP contribution >= 0.6 is 0 Å². The number of hydrogen-bond acceptors (Lipinski definition) is 3. The van der Waals surface area contributed by atoms with E-state index in [1.54, 1.807) is 0 Å². The van der Waals surface area contributed by atoms with Crippen LogP contribution in [0.1, 0.15) is 19.4 Å². The molecule has 1 aromatic rings. The van der Waals surface area contributed by atoms with Crippen molar-refractivity contribution in [3.05, 3.63) is 23.8 Å². The Morgan fingerprint density at radius 1 is 1.50 bits per heavy atom. The zero-order valence-electron chi connectivity index (χ0n) is 8.50. The highest BCUT2D eigenvalue weighted by molar-refractivity contribution is 5.60. The molecule has 0 amide bonds. The number of aliphatic hydroxyl groups is 1. The molecule has 0 atom stereocenters. The van der Waals surface area contributed by atoms with Crippen molar-refractivity contribution in [2.75, 3.05) is 11.9 Å². The number of aliphatic hydroxyl groups excluding tert-OH is 1. The van der Waals surface area contributed by atoms with Gasteiger partial charge >= 0.3 is 0 Å². The Balaban J connectivity index is 2.32. The van der Waals surface area contributed by atoms with Crippen LogP contribution in [0.5, 0.6) is 5.75 Å². The van der Waals surface area contributed by atoms with Crippen LogP contribution in [0, 0.1) is 0 Å². The number of nitrogens with one attached hydrogen (secondary N) is 1. The maximum Gasteiger partial charge on any atom is 0.143 e. The third-order valence-electron chi connectivity index (χ3n) is 2.32. The second-order valence-corrected chi connectivity index (χ2v) is 4.20. The van der Waals surface area contributed by atoms with Crippen LogP contribution in [-0.4, -0.2) is 17.3 Å². The largest absolute Gasteiger partial charge is 0.484 e. The molecule has 0 unspecified atom stereocenters. The summed E-state index contributed by atoms with van der Waals surface area (Å²) in [4.78, 5) is 0. The predicted octanol–water partition coefficient (Wildman–Crippen LogP) is 1.76. The van der Waals surface area contributed by atoms with Gasteiger partial charge in [-0.3, -0.25) is 0 Å². The smallest absolute Gasteiger partial charge is 0.143 e. The third kappa shape index (κ3) is 1.68. The molecule has 0 saturated carbocycles. The summed E-state index contributed by atoms with van der Waals surface area (Å²) in [5, 5.41) is 12.3. The molecule has 3 nitrogen and oxygen atoms in total. The van der Waals surface area contributed by atoms with E-state index in [1.165, 1.54) is 0 Å². The summed E-state index contributed by atoms with van der Waals surface area (Å²) >= 11 is 0. The highest BCUT2D eigenvalue weighted by Gasteiger charge is 2.25. The number of anilines is 1. The molecule has 0 fully saturated rings. The SMILES string of the molecule is CC1(C)CNc2cc(CO)ccc2O1. The Hall–Kier alpha value is -1.22. The van der Waals surface area contributed by atoms with Gasteiger partial charge in [-0.2, -0.15) is 0 Å². The summed E-state index contributed by atoms with van der Waals surface area (Å²) in [6, 6.07) is 5.70. The van der Waals surface area contributed by atoms with Gasteiger partial charge in [-0.25, -0.2) is 0 Å². The number of rotatable bonds is 1. The normalized spacial score (nSPS) is 17.9. The first kappa shape index (κ1) is 9.34. The van der Waals surface area contributed by atoms with E-state index in [9.17, 15) is 0 Å². The molecule has 0 spiro atoms. The van der Waals surface area contributed by atoms with E-state index in [0.29, 0.717) is 0 Å². The van der Waals surface area contributed by atoms with E-state index in [1.807, 2.05) is 32.0 Å². The molecule has 1 aliphatic heterocycles. The van der Waals surface area contributed by atoms with Crippen LogP contribution in [0.25, 0.3) is 0 Å². The molecule has 3 heteroatoms. The Morgan fingerprint density at radius 2 is 2.29 bits per heavy atom. The van der Waals surface area contributed by atoms with Gasteiger partial charge in [-0.15, -0.1) is 0 Å². The van der Waals surface area contributed by atoms with Crippen LogP contribution in [0.4, 0.5) is 5.69 Å². The van der Waals surface area contributed by atoms with Crippen molar-refractivity contribution in [3.8, 4) is 5.75 Å². The first-order valence-corrected chi connectivity index (χ1v) is 4.77. The highest BCUT2D eigenvalue weighted by atomic mass is 16.5. The number of benzene rings is 1. The van der Waals surface area contributed by atoms with E-state index in [2.05, 4.69) is 5.32 Å². The van der Waals surface area contributed by atoms with Crippen LogP contribution in [0.15, 0.2) is 18.2 Å². The van der Waals surface area contributed by atoms with Gasteiger partial charge in [0.2, 0.25) is 0 Å². The molecule has 2 rings (SSSR count). The van der Waals surface area contributed by atoms with Gasteiger partial charge < -0.3 is 15.2 Å². The Morgan fingerprint density at radius 3 is 3.00 bits per heavy atom. The maximum atomic E-state index is 8.97. The van der Waals surface area contributed by atoms with Crippen molar-refractivity contribution in [2.24, 2.45) is 0 Å². The molecule has 14 heavy (non-hydrogen) atoms. The highest BCUT2D eigenvalue weighted by Crippen LogP contribution is 2.33. The fourth-order valence-electron chi connectivity index (χ4n) is 1.54. The van der Waals surface area contributed by atoms with E-state index in [0.717, 1.165) is 23.5 Å². The fraction of sp³-hybridized carbons (Fsp3) is 0.455.